The van der Waals surface area contributed by atoms with Crippen molar-refractivity contribution in [2.75, 3.05) is 11.9 Å². The largest absolute Gasteiger partial charge is 0.329 e. The van der Waals surface area contributed by atoms with Gasteiger partial charge in [0.25, 0.3) is 5.91 Å². The van der Waals surface area contributed by atoms with E-state index >= 15 is 0 Å². The molecule has 1 amide bonds. The first-order valence-electron chi connectivity index (χ1n) is 8.07. The Bertz CT molecular complexity index is 887. The van der Waals surface area contributed by atoms with Crippen LogP contribution in [0, 0.1) is 0 Å². The molecule has 7 heteroatoms. The minimum atomic E-state index is 0.00751. The number of hydrogen-bond donors (Lipinski definition) is 0. The number of rotatable bonds is 4. The Morgan fingerprint density at radius 1 is 1.52 bits per heavy atom. The molecule has 2 aromatic rings. The number of carbonyl (C=O) groups excluding carboxylic acids is 1. The third kappa shape index (κ3) is 2.81. The van der Waals surface area contributed by atoms with Crippen LogP contribution in [-0.4, -0.2) is 34.7 Å². The maximum absolute atomic E-state index is 12.7. The molecule has 0 N–H and O–H groups in total. The lowest BCUT2D eigenvalue weighted by Crippen LogP contribution is -2.30. The SMILES string of the molecule is C=CN(C(=NC)c1cccc(N2Cc3c(Br)csc3C2=O)n1)C1CC1. The van der Waals surface area contributed by atoms with Crippen molar-refractivity contribution in [1.82, 2.24) is 9.88 Å². The lowest BCUT2D eigenvalue weighted by atomic mass is 10.3. The zero-order valence-corrected chi connectivity index (χ0v) is 16.2. The summed E-state index contributed by atoms with van der Waals surface area (Å²) in [6.45, 7) is 4.45. The monoisotopic (exact) mass is 416 g/mol. The van der Waals surface area contributed by atoms with E-state index in [-0.39, 0.29) is 5.91 Å². The summed E-state index contributed by atoms with van der Waals surface area (Å²) in [6, 6.07) is 6.18. The van der Waals surface area contributed by atoms with Crippen molar-refractivity contribution in [1.29, 1.82) is 0 Å². The first-order valence-corrected chi connectivity index (χ1v) is 9.74. The van der Waals surface area contributed by atoms with E-state index in [9.17, 15) is 4.79 Å². The minimum absolute atomic E-state index is 0.00751. The van der Waals surface area contributed by atoms with Crippen LogP contribution in [0.2, 0.25) is 0 Å². The van der Waals surface area contributed by atoms with Crippen molar-refractivity contribution >= 4 is 44.8 Å². The topological polar surface area (TPSA) is 48.8 Å². The molecular weight excluding hydrogens is 400 g/mol. The van der Waals surface area contributed by atoms with Crippen LogP contribution in [0.3, 0.4) is 0 Å². The lowest BCUT2D eigenvalue weighted by molar-refractivity contribution is 0.0999. The number of anilines is 1. The molecule has 0 spiro atoms. The maximum atomic E-state index is 12.7. The summed E-state index contributed by atoms with van der Waals surface area (Å²) in [4.78, 5) is 26.4. The molecule has 25 heavy (non-hydrogen) atoms. The second kappa shape index (κ2) is 6.38. The van der Waals surface area contributed by atoms with Crippen LogP contribution in [0.25, 0.3) is 0 Å². The fraction of sp³-hybridized carbons (Fsp3) is 0.278. The summed E-state index contributed by atoms with van der Waals surface area (Å²) < 4.78 is 0.988. The molecule has 128 valence electrons. The van der Waals surface area contributed by atoms with Crippen molar-refractivity contribution in [3.05, 3.63) is 57.0 Å². The number of halogens is 1. The first kappa shape index (κ1) is 16.5. The van der Waals surface area contributed by atoms with Gasteiger partial charge in [0.15, 0.2) is 5.84 Å². The highest BCUT2D eigenvalue weighted by atomic mass is 79.9. The first-order chi connectivity index (χ1) is 12.1. The van der Waals surface area contributed by atoms with Gasteiger partial charge in [0.1, 0.15) is 11.5 Å². The lowest BCUT2D eigenvalue weighted by Gasteiger charge is -2.22. The van der Waals surface area contributed by atoms with Crippen LogP contribution in [-0.2, 0) is 6.54 Å². The van der Waals surface area contributed by atoms with E-state index in [0.29, 0.717) is 18.4 Å². The Balaban J connectivity index is 1.66. The Morgan fingerprint density at radius 2 is 2.32 bits per heavy atom. The second-order valence-corrected chi connectivity index (χ2v) is 7.77. The van der Waals surface area contributed by atoms with E-state index in [1.807, 2.05) is 29.8 Å². The molecule has 4 rings (SSSR count). The highest BCUT2D eigenvalue weighted by Gasteiger charge is 2.34. The van der Waals surface area contributed by atoms with Crippen LogP contribution in [0.1, 0.15) is 33.8 Å². The molecule has 0 radical (unpaired) electrons. The molecule has 3 heterocycles. The van der Waals surface area contributed by atoms with Crippen molar-refractivity contribution in [3.63, 3.8) is 0 Å². The molecule has 1 fully saturated rings. The van der Waals surface area contributed by atoms with E-state index in [1.54, 1.807) is 11.9 Å². The van der Waals surface area contributed by atoms with Crippen molar-refractivity contribution in [2.24, 2.45) is 4.99 Å². The zero-order valence-electron chi connectivity index (χ0n) is 13.8. The van der Waals surface area contributed by atoms with E-state index in [2.05, 4.69) is 32.4 Å². The molecule has 1 saturated carbocycles. The summed E-state index contributed by atoms with van der Waals surface area (Å²) in [6.07, 6.45) is 4.09. The minimum Gasteiger partial charge on any atom is -0.329 e. The van der Waals surface area contributed by atoms with Gasteiger partial charge in [-0.05, 0) is 47.1 Å². The Morgan fingerprint density at radius 3 is 2.96 bits per heavy atom. The smallest absolute Gasteiger partial charge is 0.270 e. The molecule has 0 saturated heterocycles. The summed E-state index contributed by atoms with van der Waals surface area (Å²) in [5, 5.41) is 1.96. The fourth-order valence-electron chi connectivity index (χ4n) is 3.05. The molecule has 1 aliphatic carbocycles. The number of amidine groups is 1. The van der Waals surface area contributed by atoms with Crippen LogP contribution >= 0.6 is 27.3 Å². The van der Waals surface area contributed by atoms with Crippen molar-refractivity contribution in [2.45, 2.75) is 25.4 Å². The summed E-state index contributed by atoms with van der Waals surface area (Å²) in [5.74, 6) is 1.45. The third-order valence-corrected chi connectivity index (χ3v) is 6.45. The van der Waals surface area contributed by atoms with Crippen molar-refractivity contribution in [3.8, 4) is 0 Å². The van der Waals surface area contributed by atoms with E-state index < -0.39 is 0 Å². The molecule has 0 atom stereocenters. The number of hydrogen-bond acceptors (Lipinski definition) is 4. The molecule has 0 bridgehead atoms. The molecule has 1 aliphatic heterocycles. The Hall–Kier alpha value is -1.99. The van der Waals surface area contributed by atoms with Crippen molar-refractivity contribution < 1.29 is 4.79 Å². The summed E-state index contributed by atoms with van der Waals surface area (Å²) in [7, 11) is 1.76. The van der Waals surface area contributed by atoms with Crippen LogP contribution in [0.5, 0.6) is 0 Å². The van der Waals surface area contributed by atoms with Gasteiger partial charge in [-0.1, -0.05) is 12.6 Å². The van der Waals surface area contributed by atoms with Gasteiger partial charge in [-0.15, -0.1) is 11.3 Å². The zero-order chi connectivity index (χ0) is 17.6. The number of pyridine rings is 1. The second-order valence-electron chi connectivity index (χ2n) is 6.03. The predicted molar refractivity (Wildman–Crippen MR) is 104 cm³/mol. The number of aliphatic imine (C=N–C) groups is 1. The number of fused-ring (bicyclic) bond motifs is 1. The molecule has 0 aromatic carbocycles. The molecular formula is C18H17BrN4OS. The van der Waals surface area contributed by atoms with Gasteiger partial charge in [0.05, 0.1) is 11.4 Å². The average Bonchev–Trinajstić information content (AvgIpc) is 3.32. The van der Waals surface area contributed by atoms with Gasteiger partial charge in [-0.3, -0.25) is 14.7 Å². The van der Waals surface area contributed by atoms with Gasteiger partial charge >= 0.3 is 0 Å². The van der Waals surface area contributed by atoms with Gasteiger partial charge in [-0.25, -0.2) is 4.98 Å². The average molecular weight is 417 g/mol. The van der Waals surface area contributed by atoms with Crippen LogP contribution in [0.4, 0.5) is 5.82 Å². The third-order valence-electron chi connectivity index (χ3n) is 4.43. The van der Waals surface area contributed by atoms with E-state index in [0.717, 1.165) is 39.3 Å². The highest BCUT2D eigenvalue weighted by molar-refractivity contribution is 9.10. The highest BCUT2D eigenvalue weighted by Crippen LogP contribution is 2.36. The number of amides is 1. The summed E-state index contributed by atoms with van der Waals surface area (Å²) >= 11 is 4.99. The van der Waals surface area contributed by atoms with E-state index in [4.69, 9.17) is 4.98 Å². The number of carbonyl (C=O) groups is 1. The quantitative estimate of drug-likeness (QED) is 0.557. The van der Waals surface area contributed by atoms with E-state index in [1.165, 1.54) is 11.3 Å². The Labute approximate surface area is 158 Å². The standard InChI is InChI=1S/C18H17BrN4OS/c1-3-22(11-7-8-11)17(20-2)14-5-4-6-15(21-14)23-9-12-13(19)10-25-16(12)18(23)24/h3-6,10-11H,1,7-9H2,2H3. The molecule has 0 unspecified atom stereocenters. The van der Waals surface area contributed by atoms with Gasteiger partial charge in [0, 0.05) is 28.5 Å². The number of nitrogens with zero attached hydrogens (tertiary/aromatic N) is 4. The van der Waals surface area contributed by atoms with Gasteiger partial charge in [0.2, 0.25) is 0 Å². The number of aromatic nitrogens is 1. The normalized spacial score (nSPS) is 17.0. The fourth-order valence-corrected chi connectivity index (χ4v) is 4.67. The van der Waals surface area contributed by atoms with Crippen LogP contribution < -0.4 is 4.90 Å². The molecule has 5 nitrogen and oxygen atoms in total. The molecule has 2 aliphatic rings. The van der Waals surface area contributed by atoms with Crippen LogP contribution in [0.15, 0.2) is 45.8 Å². The van der Waals surface area contributed by atoms with Gasteiger partial charge in [-0.2, -0.15) is 0 Å². The Kier molecular flexibility index (Phi) is 4.21. The summed E-state index contributed by atoms with van der Waals surface area (Å²) in [5.41, 5.74) is 1.80. The van der Waals surface area contributed by atoms with Gasteiger partial charge < -0.3 is 4.90 Å². The number of thiophene rings is 1. The maximum Gasteiger partial charge on any atom is 0.270 e. The predicted octanol–water partition coefficient (Wildman–Crippen LogP) is 4.05. The molecule has 2 aromatic heterocycles.